The molecule has 3 radical (unpaired) electrons. The first-order chi connectivity index (χ1) is 3.72. The number of carbonyl (C=O) groups excluding carboxylic acids is 1. The molecule has 0 aromatic heterocycles. The fourth-order valence-electron chi connectivity index (χ4n) is 0.620. The summed E-state index contributed by atoms with van der Waals surface area (Å²) in [6.45, 7) is 3.47. The van der Waals surface area contributed by atoms with Crippen molar-refractivity contribution in [3.8, 4) is 0 Å². The van der Waals surface area contributed by atoms with Crippen LogP contribution in [0, 0.1) is 0 Å². The quantitative estimate of drug-likeness (QED) is 0.587. The second-order valence-corrected chi connectivity index (χ2v) is 1.74. The zero-order valence-electron chi connectivity index (χ0n) is 6.18. The van der Waals surface area contributed by atoms with Crippen molar-refractivity contribution in [2.75, 3.05) is 7.11 Å². The van der Waals surface area contributed by atoms with Crippen molar-refractivity contribution < 1.29 is 9.53 Å². The number of rotatable bonds is 3. The third-order valence-corrected chi connectivity index (χ3v) is 1.11. The lowest BCUT2D eigenvalue weighted by Crippen LogP contribution is -2.18. The third kappa shape index (κ3) is 9.69. The van der Waals surface area contributed by atoms with Crippen LogP contribution in [0.3, 0.4) is 0 Å². The monoisotopic (exact) mass is 159 g/mol. The molecule has 0 amide bonds. The zero-order valence-corrected chi connectivity index (χ0v) is 6.18. The van der Waals surface area contributed by atoms with Crippen LogP contribution in [0.25, 0.3) is 0 Å². The van der Waals surface area contributed by atoms with E-state index in [1.54, 1.807) is 7.11 Å². The minimum Gasteiger partial charge on any atom is -0.374 e. The van der Waals surface area contributed by atoms with E-state index < -0.39 is 0 Å². The van der Waals surface area contributed by atoms with Gasteiger partial charge in [-0.05, 0) is 13.3 Å². The third-order valence-electron chi connectivity index (χ3n) is 1.11. The summed E-state index contributed by atoms with van der Waals surface area (Å²) in [4.78, 5) is 10.5. The maximum absolute atomic E-state index is 10.5. The number of ketones is 1. The first-order valence-electron chi connectivity index (χ1n) is 2.75. The van der Waals surface area contributed by atoms with Gasteiger partial charge in [-0.1, -0.05) is 21.8 Å². The number of carbonyl (C=O) groups is 1. The molecule has 0 bridgehead atoms. The Morgan fingerprint density at radius 1 is 1.45 bits per heavy atom. The highest BCUT2D eigenvalue weighted by molar-refractivity contribution is 5.80. The molecule has 1 unspecified atom stereocenters. The summed E-state index contributed by atoms with van der Waals surface area (Å²) in [7, 11) is 1.55. The molecule has 0 spiro atoms. The van der Waals surface area contributed by atoms with Gasteiger partial charge >= 0.3 is 0 Å². The van der Waals surface area contributed by atoms with Crippen LogP contribution in [-0.4, -0.2) is 27.4 Å². The summed E-state index contributed by atoms with van der Waals surface area (Å²) < 4.78 is 4.81. The lowest BCUT2D eigenvalue weighted by atomic mass is 10.2. The highest BCUT2D eigenvalue weighted by atomic mass is 16.5. The molecular formula is C8H20BO2. The number of Topliss-reactive ketones (excluding diaryl/α,β-unsaturated/α-hetero) is 1. The average Bonchev–Trinajstić information content (AvgIpc) is 1.69. The van der Waals surface area contributed by atoms with Crippen molar-refractivity contribution in [3.63, 3.8) is 0 Å². The van der Waals surface area contributed by atoms with Gasteiger partial charge in [0, 0.05) is 15.5 Å². The standard InChI is InChI=1S/C6H12O2.2CH4.B/c1-4-6(8-3)5(2)7;;;/h6H,4H2,1-3H3;2*1H4;. The van der Waals surface area contributed by atoms with Crippen LogP contribution in [0.5, 0.6) is 0 Å². The Bertz CT molecular complexity index is 80.2. The van der Waals surface area contributed by atoms with Gasteiger partial charge in [0.05, 0.1) is 0 Å². The Kier molecular flexibility index (Phi) is 25.2. The van der Waals surface area contributed by atoms with Crippen LogP contribution in [0.1, 0.15) is 35.1 Å². The molecule has 0 aromatic carbocycles. The van der Waals surface area contributed by atoms with E-state index in [-0.39, 0.29) is 35.2 Å². The molecule has 0 aliphatic rings. The van der Waals surface area contributed by atoms with Crippen molar-refractivity contribution in [2.45, 2.75) is 41.2 Å². The zero-order chi connectivity index (χ0) is 6.57. The smallest absolute Gasteiger partial charge is 0.158 e. The minimum atomic E-state index is -0.185. The second-order valence-electron chi connectivity index (χ2n) is 1.74. The molecule has 0 N–H and O–H groups in total. The van der Waals surface area contributed by atoms with Crippen LogP contribution >= 0.6 is 0 Å². The Hall–Kier alpha value is -0.305. The molecule has 2 nitrogen and oxygen atoms in total. The van der Waals surface area contributed by atoms with Crippen LogP contribution in [0.2, 0.25) is 0 Å². The molecule has 0 saturated carbocycles. The summed E-state index contributed by atoms with van der Waals surface area (Å²) in [6, 6.07) is 0. The van der Waals surface area contributed by atoms with Gasteiger partial charge in [-0.3, -0.25) is 4.79 Å². The van der Waals surface area contributed by atoms with E-state index in [2.05, 4.69) is 0 Å². The van der Waals surface area contributed by atoms with E-state index in [4.69, 9.17) is 4.74 Å². The van der Waals surface area contributed by atoms with Gasteiger partial charge < -0.3 is 4.74 Å². The fourth-order valence-corrected chi connectivity index (χ4v) is 0.620. The Morgan fingerprint density at radius 3 is 1.82 bits per heavy atom. The van der Waals surface area contributed by atoms with Gasteiger partial charge in [-0.2, -0.15) is 0 Å². The maximum Gasteiger partial charge on any atom is 0.158 e. The van der Waals surface area contributed by atoms with E-state index in [0.29, 0.717) is 0 Å². The molecule has 0 saturated heterocycles. The minimum absolute atomic E-state index is 0. The summed E-state index contributed by atoms with van der Waals surface area (Å²) in [5.74, 6) is 0.106. The topological polar surface area (TPSA) is 26.3 Å². The fraction of sp³-hybridized carbons (Fsp3) is 0.875. The molecule has 0 fully saturated rings. The van der Waals surface area contributed by atoms with E-state index in [1.807, 2.05) is 6.92 Å². The average molecular weight is 159 g/mol. The van der Waals surface area contributed by atoms with E-state index in [9.17, 15) is 4.79 Å². The number of ether oxygens (including phenoxy) is 1. The molecule has 0 aromatic rings. The molecule has 0 aliphatic heterocycles. The summed E-state index contributed by atoms with van der Waals surface area (Å²) >= 11 is 0. The van der Waals surface area contributed by atoms with Crippen molar-refractivity contribution in [1.29, 1.82) is 0 Å². The molecule has 3 heteroatoms. The number of methoxy groups -OCH3 is 1. The van der Waals surface area contributed by atoms with Crippen LogP contribution in [0.15, 0.2) is 0 Å². The van der Waals surface area contributed by atoms with Crippen molar-refractivity contribution in [3.05, 3.63) is 0 Å². The SMILES string of the molecule is C.C.CCC(OC)C(C)=O.[B]. The Labute approximate surface area is 72.9 Å². The molecule has 11 heavy (non-hydrogen) atoms. The predicted molar refractivity (Wildman–Crippen MR) is 51.0 cm³/mol. The molecule has 0 heterocycles. The van der Waals surface area contributed by atoms with Gasteiger partial charge in [0.1, 0.15) is 6.10 Å². The van der Waals surface area contributed by atoms with Crippen molar-refractivity contribution in [1.82, 2.24) is 0 Å². The largest absolute Gasteiger partial charge is 0.374 e. The Morgan fingerprint density at radius 2 is 1.82 bits per heavy atom. The van der Waals surface area contributed by atoms with Crippen molar-refractivity contribution in [2.24, 2.45) is 0 Å². The first-order valence-corrected chi connectivity index (χ1v) is 2.75. The first kappa shape index (κ1) is 22.4. The summed E-state index contributed by atoms with van der Waals surface area (Å²) in [6.07, 6.45) is 0.584. The van der Waals surface area contributed by atoms with E-state index >= 15 is 0 Å². The molecule has 0 aliphatic carbocycles. The maximum atomic E-state index is 10.5. The van der Waals surface area contributed by atoms with Gasteiger partial charge in [0.2, 0.25) is 0 Å². The normalized spacial score (nSPS) is 9.73. The molecule has 67 valence electrons. The van der Waals surface area contributed by atoms with Gasteiger partial charge in [0.25, 0.3) is 0 Å². The van der Waals surface area contributed by atoms with E-state index in [1.165, 1.54) is 6.92 Å². The van der Waals surface area contributed by atoms with Crippen LogP contribution in [0.4, 0.5) is 0 Å². The highest BCUT2D eigenvalue weighted by Crippen LogP contribution is 1.95. The molecule has 1 atom stereocenters. The Balaban J connectivity index is -0.0000000817. The molecule has 0 rings (SSSR count). The lowest BCUT2D eigenvalue weighted by molar-refractivity contribution is -0.126. The predicted octanol–water partition coefficient (Wildman–Crippen LogP) is 1.89. The second kappa shape index (κ2) is 12.4. The van der Waals surface area contributed by atoms with Gasteiger partial charge in [-0.25, -0.2) is 0 Å². The number of hydrogen-bond acceptors (Lipinski definition) is 2. The summed E-state index contributed by atoms with van der Waals surface area (Å²) in [5, 5.41) is 0. The summed E-state index contributed by atoms with van der Waals surface area (Å²) in [5.41, 5.74) is 0. The van der Waals surface area contributed by atoms with Crippen LogP contribution in [-0.2, 0) is 9.53 Å². The van der Waals surface area contributed by atoms with Gasteiger partial charge in [-0.15, -0.1) is 0 Å². The molecular weight excluding hydrogens is 139 g/mol. The highest BCUT2D eigenvalue weighted by Gasteiger charge is 2.07. The van der Waals surface area contributed by atoms with E-state index in [0.717, 1.165) is 6.42 Å². The van der Waals surface area contributed by atoms with Crippen molar-refractivity contribution >= 4 is 14.2 Å². The number of hydrogen-bond donors (Lipinski definition) is 0. The van der Waals surface area contributed by atoms with Crippen LogP contribution < -0.4 is 0 Å². The lowest BCUT2D eigenvalue weighted by Gasteiger charge is -2.06. The van der Waals surface area contributed by atoms with Gasteiger partial charge in [0.15, 0.2) is 5.78 Å².